The number of hydrogen-bond donors (Lipinski definition) is 0. The molecular formula is C23H48BrO3P. The van der Waals surface area contributed by atoms with Crippen LogP contribution in [0.25, 0.3) is 0 Å². The van der Waals surface area contributed by atoms with Crippen LogP contribution in [0.5, 0.6) is 0 Å². The molecule has 0 aliphatic heterocycles. The maximum atomic E-state index is 5.95. The third-order valence-corrected chi connectivity index (χ3v) is 6.60. The molecule has 0 aromatic carbocycles. The lowest BCUT2D eigenvalue weighted by molar-refractivity contribution is 0.153. The predicted octanol–water partition coefficient (Wildman–Crippen LogP) is 9.33. The molecule has 0 aliphatic rings. The second kappa shape index (κ2) is 25.8. The third-order valence-electron chi connectivity index (χ3n) is 4.86. The molecule has 0 rings (SSSR count). The molecule has 0 amide bonds. The smallest absolute Gasteiger partial charge is 0.312 e. The minimum atomic E-state index is -1.15. The molecule has 28 heavy (non-hydrogen) atoms. The predicted molar refractivity (Wildman–Crippen MR) is 128 cm³/mol. The lowest BCUT2D eigenvalue weighted by Gasteiger charge is -2.17. The van der Waals surface area contributed by atoms with Crippen LogP contribution in [0.15, 0.2) is 0 Å². The summed E-state index contributed by atoms with van der Waals surface area (Å²) in [5, 5.41) is 1.12. The Morgan fingerprint density at radius 3 is 1.14 bits per heavy atom. The van der Waals surface area contributed by atoms with Crippen molar-refractivity contribution in [2.75, 3.05) is 25.2 Å². The number of hydrogen-bond acceptors (Lipinski definition) is 3. The Balaban J connectivity index is 3.80. The Morgan fingerprint density at radius 2 is 0.786 bits per heavy atom. The highest BCUT2D eigenvalue weighted by Crippen LogP contribution is 2.40. The van der Waals surface area contributed by atoms with Gasteiger partial charge in [-0.1, -0.05) is 113 Å². The molecule has 0 aliphatic carbocycles. The Morgan fingerprint density at radius 1 is 0.464 bits per heavy atom. The molecule has 0 saturated carbocycles. The van der Waals surface area contributed by atoms with Gasteiger partial charge in [0, 0.05) is 5.33 Å². The molecule has 0 atom stereocenters. The fourth-order valence-electron chi connectivity index (χ4n) is 3.02. The summed E-state index contributed by atoms with van der Waals surface area (Å²) in [6.07, 6.45) is 21.7. The standard InChI is InChI=1S/C23H48BrO3P/c1-3-5-7-9-13-17-21-25-28(26-22-18-14-10-8-6-4-2)27-23-19-15-11-12-16-20-24/h3-23H2,1-2H3. The monoisotopic (exact) mass is 482 g/mol. The highest BCUT2D eigenvalue weighted by molar-refractivity contribution is 9.09. The van der Waals surface area contributed by atoms with E-state index >= 15 is 0 Å². The van der Waals surface area contributed by atoms with Crippen molar-refractivity contribution in [2.24, 2.45) is 0 Å². The van der Waals surface area contributed by atoms with Crippen molar-refractivity contribution in [1.82, 2.24) is 0 Å². The van der Waals surface area contributed by atoms with Crippen molar-refractivity contribution >= 4 is 24.5 Å². The van der Waals surface area contributed by atoms with Crippen LogP contribution in [0.3, 0.4) is 0 Å². The van der Waals surface area contributed by atoms with Crippen LogP contribution in [0.4, 0.5) is 0 Å². The van der Waals surface area contributed by atoms with Gasteiger partial charge in [-0.25, -0.2) is 0 Å². The second-order valence-corrected chi connectivity index (χ2v) is 9.73. The van der Waals surface area contributed by atoms with Crippen LogP contribution < -0.4 is 0 Å². The first-order valence-corrected chi connectivity index (χ1v) is 14.3. The lowest BCUT2D eigenvalue weighted by atomic mass is 10.1. The zero-order valence-electron chi connectivity index (χ0n) is 18.9. The first kappa shape index (κ1) is 28.8. The summed E-state index contributed by atoms with van der Waals surface area (Å²) in [6.45, 7) is 6.85. The highest BCUT2D eigenvalue weighted by Gasteiger charge is 2.12. The van der Waals surface area contributed by atoms with Crippen LogP contribution in [0, 0.1) is 0 Å². The summed E-state index contributed by atoms with van der Waals surface area (Å²) < 4.78 is 17.9. The van der Waals surface area contributed by atoms with Gasteiger partial charge in [0.2, 0.25) is 0 Å². The van der Waals surface area contributed by atoms with Gasteiger partial charge in [-0.15, -0.1) is 0 Å². The SMILES string of the molecule is CCCCCCCCOP(OCCCCCCCC)OCCCCCCCBr. The summed E-state index contributed by atoms with van der Waals surface area (Å²) in [5.41, 5.74) is 0. The summed E-state index contributed by atoms with van der Waals surface area (Å²) in [4.78, 5) is 0. The van der Waals surface area contributed by atoms with Gasteiger partial charge in [-0.3, -0.25) is 0 Å². The van der Waals surface area contributed by atoms with E-state index in [0.29, 0.717) is 0 Å². The fraction of sp³-hybridized carbons (Fsp3) is 1.00. The van der Waals surface area contributed by atoms with Crippen LogP contribution in [0.1, 0.15) is 123 Å². The van der Waals surface area contributed by atoms with Gasteiger partial charge in [0.1, 0.15) is 0 Å². The second-order valence-electron chi connectivity index (χ2n) is 7.72. The van der Waals surface area contributed by atoms with Gasteiger partial charge < -0.3 is 13.6 Å². The molecule has 0 radical (unpaired) electrons. The summed E-state index contributed by atoms with van der Waals surface area (Å²) in [7, 11) is -1.15. The van der Waals surface area contributed by atoms with Crippen LogP contribution in [-0.4, -0.2) is 25.2 Å². The molecular weight excluding hydrogens is 435 g/mol. The molecule has 0 heterocycles. The van der Waals surface area contributed by atoms with Crippen molar-refractivity contribution in [3.05, 3.63) is 0 Å². The Labute approximate surface area is 186 Å². The maximum absolute atomic E-state index is 5.95. The zero-order valence-corrected chi connectivity index (χ0v) is 21.4. The Hall–Kier alpha value is 0.790. The van der Waals surface area contributed by atoms with E-state index in [4.69, 9.17) is 13.6 Å². The summed E-state index contributed by atoms with van der Waals surface area (Å²) in [5.74, 6) is 0. The van der Waals surface area contributed by atoms with Gasteiger partial charge >= 0.3 is 8.60 Å². The van der Waals surface area contributed by atoms with Crippen molar-refractivity contribution in [3.63, 3.8) is 0 Å². The topological polar surface area (TPSA) is 27.7 Å². The zero-order chi connectivity index (χ0) is 20.5. The normalized spacial score (nSPS) is 11.6. The molecule has 0 bridgehead atoms. The highest BCUT2D eigenvalue weighted by atomic mass is 79.9. The van der Waals surface area contributed by atoms with Crippen molar-refractivity contribution in [1.29, 1.82) is 0 Å². The van der Waals surface area contributed by atoms with Gasteiger partial charge in [0.25, 0.3) is 0 Å². The van der Waals surface area contributed by atoms with Gasteiger partial charge in [-0.2, -0.15) is 0 Å². The van der Waals surface area contributed by atoms with E-state index in [1.54, 1.807) is 0 Å². The Bertz CT molecular complexity index is 240. The van der Waals surface area contributed by atoms with E-state index in [2.05, 4.69) is 29.8 Å². The molecule has 3 nitrogen and oxygen atoms in total. The van der Waals surface area contributed by atoms with Crippen LogP contribution in [-0.2, 0) is 13.6 Å². The summed E-state index contributed by atoms with van der Waals surface area (Å²) >= 11 is 3.49. The van der Waals surface area contributed by atoms with Gasteiger partial charge in [0.15, 0.2) is 0 Å². The van der Waals surface area contributed by atoms with E-state index in [1.807, 2.05) is 0 Å². The lowest BCUT2D eigenvalue weighted by Crippen LogP contribution is -2.00. The molecule has 0 unspecified atom stereocenters. The molecule has 0 spiro atoms. The van der Waals surface area contributed by atoms with Crippen molar-refractivity contribution in [2.45, 2.75) is 123 Å². The van der Waals surface area contributed by atoms with E-state index < -0.39 is 8.60 Å². The van der Waals surface area contributed by atoms with E-state index in [0.717, 1.165) is 44.4 Å². The Kier molecular flexibility index (Phi) is 26.6. The van der Waals surface area contributed by atoms with E-state index in [-0.39, 0.29) is 0 Å². The quantitative estimate of drug-likeness (QED) is 0.0778. The minimum Gasteiger partial charge on any atom is -0.312 e. The van der Waals surface area contributed by atoms with Crippen LogP contribution >= 0.6 is 24.5 Å². The molecule has 0 fully saturated rings. The van der Waals surface area contributed by atoms with Crippen LogP contribution in [0.2, 0.25) is 0 Å². The number of alkyl halides is 1. The van der Waals surface area contributed by atoms with Crippen molar-refractivity contribution < 1.29 is 13.6 Å². The fourth-order valence-corrected chi connectivity index (χ4v) is 4.48. The molecule has 0 aromatic heterocycles. The van der Waals surface area contributed by atoms with Crippen molar-refractivity contribution in [3.8, 4) is 0 Å². The average Bonchev–Trinajstić information content (AvgIpc) is 2.71. The molecule has 170 valence electrons. The molecule has 5 heteroatoms. The summed E-state index contributed by atoms with van der Waals surface area (Å²) in [6, 6.07) is 0. The average molecular weight is 484 g/mol. The van der Waals surface area contributed by atoms with Gasteiger partial charge in [-0.05, 0) is 25.7 Å². The largest absolute Gasteiger partial charge is 0.332 e. The molecule has 0 aromatic rings. The molecule has 0 saturated heterocycles. The first-order valence-electron chi connectivity index (χ1n) is 12.1. The molecule has 0 N–H and O–H groups in total. The van der Waals surface area contributed by atoms with E-state index in [9.17, 15) is 0 Å². The number of unbranched alkanes of at least 4 members (excludes halogenated alkanes) is 14. The third kappa shape index (κ3) is 23.1. The first-order chi connectivity index (χ1) is 13.8. The van der Waals surface area contributed by atoms with E-state index in [1.165, 1.54) is 89.9 Å². The number of halogens is 1. The number of rotatable bonds is 24. The van der Waals surface area contributed by atoms with Gasteiger partial charge in [0.05, 0.1) is 19.8 Å². The maximum Gasteiger partial charge on any atom is 0.332 e. The minimum absolute atomic E-state index is 0.771.